The van der Waals surface area contributed by atoms with Crippen LogP contribution < -0.4 is 10.1 Å². The summed E-state index contributed by atoms with van der Waals surface area (Å²) in [5.74, 6) is 0.751. The summed E-state index contributed by atoms with van der Waals surface area (Å²) in [5, 5.41) is 2.80. The van der Waals surface area contributed by atoms with Crippen LogP contribution in [0.1, 0.15) is 13.3 Å². The number of halogens is 1. The molecule has 1 N–H and O–H groups in total. The summed E-state index contributed by atoms with van der Waals surface area (Å²) in [6.45, 7) is 1.95. The van der Waals surface area contributed by atoms with Crippen LogP contribution >= 0.6 is 15.9 Å². The first-order valence-corrected chi connectivity index (χ1v) is 5.68. The van der Waals surface area contributed by atoms with Gasteiger partial charge < -0.3 is 10.1 Å². The van der Waals surface area contributed by atoms with Crippen molar-refractivity contribution in [2.75, 3.05) is 12.4 Å². The van der Waals surface area contributed by atoms with Crippen LogP contribution in [0.15, 0.2) is 24.3 Å². The molecule has 1 aromatic rings. The van der Waals surface area contributed by atoms with E-state index in [1.807, 2.05) is 31.2 Å². The predicted molar refractivity (Wildman–Crippen MR) is 64.6 cm³/mol. The van der Waals surface area contributed by atoms with Gasteiger partial charge in [-0.1, -0.05) is 22.9 Å². The molecule has 0 radical (unpaired) electrons. The van der Waals surface area contributed by atoms with Crippen LogP contribution in [0.2, 0.25) is 0 Å². The predicted octanol–water partition coefficient (Wildman–Crippen LogP) is 2.81. The van der Waals surface area contributed by atoms with Crippen molar-refractivity contribution in [3.8, 4) is 5.75 Å². The largest absolute Gasteiger partial charge is 0.497 e. The molecule has 3 nitrogen and oxygen atoms in total. The summed E-state index contributed by atoms with van der Waals surface area (Å²) < 4.78 is 5.02. The molecule has 82 valence electrons. The molecule has 0 heterocycles. The fourth-order valence-electron chi connectivity index (χ4n) is 1.08. The maximum atomic E-state index is 11.5. The molecule has 1 aromatic carbocycles. The molecule has 0 saturated heterocycles. The molecule has 0 aliphatic heterocycles. The molecule has 4 heteroatoms. The van der Waals surface area contributed by atoms with E-state index in [0.29, 0.717) is 0 Å². The van der Waals surface area contributed by atoms with Crippen molar-refractivity contribution in [3.63, 3.8) is 0 Å². The molecule has 15 heavy (non-hydrogen) atoms. The third kappa shape index (κ3) is 3.55. The van der Waals surface area contributed by atoms with E-state index in [1.54, 1.807) is 7.11 Å². The fraction of sp³-hybridized carbons (Fsp3) is 0.364. The van der Waals surface area contributed by atoms with Crippen molar-refractivity contribution in [1.29, 1.82) is 0 Å². The molecule has 0 aliphatic rings. The van der Waals surface area contributed by atoms with Gasteiger partial charge in [0.1, 0.15) is 5.75 Å². The zero-order valence-corrected chi connectivity index (χ0v) is 10.4. The first kappa shape index (κ1) is 12.0. The van der Waals surface area contributed by atoms with Crippen molar-refractivity contribution in [2.45, 2.75) is 18.2 Å². The lowest BCUT2D eigenvalue weighted by Gasteiger charge is -2.09. The van der Waals surface area contributed by atoms with E-state index in [1.165, 1.54) is 0 Å². The number of amides is 1. The Bertz CT molecular complexity index is 324. The van der Waals surface area contributed by atoms with Gasteiger partial charge in [0.15, 0.2) is 0 Å². The highest BCUT2D eigenvalue weighted by atomic mass is 79.9. The van der Waals surface area contributed by atoms with E-state index in [9.17, 15) is 4.79 Å². The highest BCUT2D eigenvalue weighted by Gasteiger charge is 2.11. The minimum absolute atomic E-state index is 0.0253. The number of anilines is 1. The Balaban J connectivity index is 2.61. The van der Waals surface area contributed by atoms with Crippen molar-refractivity contribution in [1.82, 2.24) is 0 Å². The minimum Gasteiger partial charge on any atom is -0.497 e. The number of benzene rings is 1. The lowest BCUT2D eigenvalue weighted by Crippen LogP contribution is -2.21. The minimum atomic E-state index is -0.139. The second kappa shape index (κ2) is 5.75. The number of rotatable bonds is 4. The first-order valence-electron chi connectivity index (χ1n) is 4.76. The van der Waals surface area contributed by atoms with Crippen LogP contribution in [-0.4, -0.2) is 17.8 Å². The average Bonchev–Trinajstić information content (AvgIpc) is 2.29. The summed E-state index contributed by atoms with van der Waals surface area (Å²) in [6, 6.07) is 7.24. The Morgan fingerprint density at radius 2 is 2.07 bits per heavy atom. The molecule has 1 rings (SSSR count). The van der Waals surface area contributed by atoms with Crippen LogP contribution in [0.3, 0.4) is 0 Å². The van der Waals surface area contributed by atoms with Crippen molar-refractivity contribution in [2.24, 2.45) is 0 Å². The number of ether oxygens (including phenoxy) is 1. The highest BCUT2D eigenvalue weighted by Crippen LogP contribution is 2.16. The molecular weight excluding hydrogens is 258 g/mol. The Morgan fingerprint density at radius 3 is 2.53 bits per heavy atom. The number of nitrogens with one attached hydrogen (secondary N) is 1. The Labute approximate surface area is 97.9 Å². The molecule has 0 unspecified atom stereocenters. The van der Waals surface area contributed by atoms with Gasteiger partial charge in [0.05, 0.1) is 11.9 Å². The number of carbonyl (C=O) groups excluding carboxylic acids is 1. The maximum absolute atomic E-state index is 11.5. The molecule has 1 atom stereocenters. The van der Waals surface area contributed by atoms with Gasteiger partial charge in [0.25, 0.3) is 0 Å². The average molecular weight is 272 g/mol. The van der Waals surface area contributed by atoms with Gasteiger partial charge in [-0.05, 0) is 30.7 Å². The van der Waals surface area contributed by atoms with E-state index in [-0.39, 0.29) is 10.7 Å². The molecule has 0 bridgehead atoms. The maximum Gasteiger partial charge on any atom is 0.238 e. The number of carbonyl (C=O) groups is 1. The van der Waals surface area contributed by atoms with Gasteiger partial charge in [-0.25, -0.2) is 0 Å². The quantitative estimate of drug-likeness (QED) is 0.856. The lowest BCUT2D eigenvalue weighted by atomic mass is 10.2. The van der Waals surface area contributed by atoms with Crippen molar-refractivity contribution >= 4 is 27.5 Å². The van der Waals surface area contributed by atoms with Crippen LogP contribution in [0.25, 0.3) is 0 Å². The zero-order valence-electron chi connectivity index (χ0n) is 8.79. The summed E-state index contributed by atoms with van der Waals surface area (Å²) >= 11 is 3.29. The molecule has 0 fully saturated rings. The second-order valence-electron chi connectivity index (χ2n) is 3.09. The smallest absolute Gasteiger partial charge is 0.238 e. The Hall–Kier alpha value is -1.03. The van der Waals surface area contributed by atoms with Crippen molar-refractivity contribution in [3.05, 3.63) is 24.3 Å². The Kier molecular flexibility index (Phi) is 4.62. The molecule has 0 saturated carbocycles. The first-order chi connectivity index (χ1) is 7.17. The normalized spacial score (nSPS) is 11.9. The number of hydrogen-bond acceptors (Lipinski definition) is 2. The van der Waals surface area contributed by atoms with E-state index >= 15 is 0 Å². The third-order valence-corrected chi connectivity index (χ3v) is 3.06. The molecule has 0 aliphatic carbocycles. The van der Waals surface area contributed by atoms with Crippen LogP contribution in [0.4, 0.5) is 5.69 Å². The zero-order chi connectivity index (χ0) is 11.3. The third-order valence-electron chi connectivity index (χ3n) is 2.00. The lowest BCUT2D eigenvalue weighted by molar-refractivity contribution is -0.115. The van der Waals surface area contributed by atoms with Crippen molar-refractivity contribution < 1.29 is 9.53 Å². The topological polar surface area (TPSA) is 38.3 Å². The van der Waals surface area contributed by atoms with Crippen LogP contribution in [0.5, 0.6) is 5.75 Å². The van der Waals surface area contributed by atoms with Gasteiger partial charge >= 0.3 is 0 Å². The van der Waals surface area contributed by atoms with Gasteiger partial charge in [-0.15, -0.1) is 0 Å². The fourth-order valence-corrected chi connectivity index (χ4v) is 1.19. The molecule has 0 aromatic heterocycles. The molecular formula is C11H14BrNO2. The number of hydrogen-bond donors (Lipinski definition) is 1. The monoisotopic (exact) mass is 271 g/mol. The summed E-state index contributed by atoms with van der Waals surface area (Å²) in [5.41, 5.74) is 0.777. The van der Waals surface area contributed by atoms with Gasteiger partial charge in [0, 0.05) is 5.69 Å². The summed E-state index contributed by atoms with van der Waals surface area (Å²) in [4.78, 5) is 11.4. The van der Waals surface area contributed by atoms with Crippen LogP contribution in [0, 0.1) is 0 Å². The summed E-state index contributed by atoms with van der Waals surface area (Å²) in [6.07, 6.45) is 0.766. The van der Waals surface area contributed by atoms with E-state index in [4.69, 9.17) is 4.74 Å². The van der Waals surface area contributed by atoms with E-state index in [2.05, 4.69) is 21.2 Å². The second-order valence-corrected chi connectivity index (χ2v) is 4.20. The number of methoxy groups -OCH3 is 1. The Morgan fingerprint density at radius 1 is 1.47 bits per heavy atom. The molecule has 1 amide bonds. The van der Waals surface area contributed by atoms with Gasteiger partial charge in [-0.3, -0.25) is 4.79 Å². The van der Waals surface area contributed by atoms with Crippen LogP contribution in [-0.2, 0) is 4.79 Å². The molecule has 0 spiro atoms. The van der Waals surface area contributed by atoms with Gasteiger partial charge in [-0.2, -0.15) is 0 Å². The van der Waals surface area contributed by atoms with Gasteiger partial charge in [0.2, 0.25) is 5.91 Å². The summed E-state index contributed by atoms with van der Waals surface area (Å²) in [7, 11) is 1.61. The number of alkyl halides is 1. The SMILES string of the molecule is CC[C@@H](Br)C(=O)Nc1ccc(OC)cc1. The van der Waals surface area contributed by atoms with E-state index in [0.717, 1.165) is 17.9 Å². The highest BCUT2D eigenvalue weighted by molar-refractivity contribution is 9.10. The standard InChI is InChI=1S/C11H14BrNO2/c1-3-10(12)11(14)13-8-4-6-9(15-2)7-5-8/h4-7,10H,3H2,1-2H3,(H,13,14)/t10-/m1/s1. The van der Waals surface area contributed by atoms with E-state index < -0.39 is 0 Å².